The molecule has 0 spiro atoms. The Labute approximate surface area is 144 Å². The lowest BCUT2D eigenvalue weighted by atomic mass is 9.95. The normalized spacial score (nSPS) is 17.4. The van der Waals surface area contributed by atoms with Crippen LogP contribution >= 0.6 is 0 Å². The lowest BCUT2D eigenvalue weighted by Gasteiger charge is -2.28. The summed E-state index contributed by atoms with van der Waals surface area (Å²) in [4.78, 5) is 36.9. The number of hydrogen-bond donors (Lipinski definition) is 2. The largest absolute Gasteiger partial charge is 0.476 e. The third-order valence-electron chi connectivity index (χ3n) is 4.25. The van der Waals surface area contributed by atoms with Gasteiger partial charge in [-0.3, -0.25) is 9.59 Å². The van der Waals surface area contributed by atoms with E-state index in [9.17, 15) is 14.4 Å². The Bertz CT molecular complexity index is 830. The van der Waals surface area contributed by atoms with Crippen LogP contribution in [0.5, 0.6) is 0 Å². The molecule has 8 heteroatoms. The summed E-state index contributed by atoms with van der Waals surface area (Å²) in [7, 11) is 1.73. The standard InChI is InChI=1S/C17H18N4O4/c1-20-8-6-11(10-15(20)22)16(23)18-12-4-2-3-5-14(12)21-9-7-13(19-21)17(24)25/h2-5,7,9,11H,6,8,10H2,1H3,(H,18,23)(H,24,25). The third-order valence-corrected chi connectivity index (χ3v) is 4.25. The molecule has 2 N–H and O–H groups in total. The zero-order valence-electron chi connectivity index (χ0n) is 13.7. The number of nitrogens with one attached hydrogen (secondary N) is 1. The summed E-state index contributed by atoms with van der Waals surface area (Å²) in [6.07, 6.45) is 2.32. The molecule has 3 rings (SSSR count). The summed E-state index contributed by atoms with van der Waals surface area (Å²) in [5.74, 6) is -1.76. The zero-order chi connectivity index (χ0) is 18.0. The highest BCUT2D eigenvalue weighted by atomic mass is 16.4. The molecule has 2 heterocycles. The van der Waals surface area contributed by atoms with Gasteiger partial charge < -0.3 is 15.3 Å². The molecule has 0 bridgehead atoms. The molecule has 1 aromatic carbocycles. The summed E-state index contributed by atoms with van der Waals surface area (Å²) in [5.41, 5.74) is 0.989. The molecule has 1 aliphatic rings. The molecule has 1 atom stereocenters. The Morgan fingerprint density at radius 3 is 2.72 bits per heavy atom. The predicted molar refractivity (Wildman–Crippen MR) is 89.5 cm³/mol. The smallest absolute Gasteiger partial charge is 0.356 e. The fourth-order valence-electron chi connectivity index (χ4n) is 2.75. The topological polar surface area (TPSA) is 105 Å². The summed E-state index contributed by atoms with van der Waals surface area (Å²) in [6, 6.07) is 8.36. The molecular formula is C17H18N4O4. The van der Waals surface area contributed by atoms with Crippen molar-refractivity contribution < 1.29 is 19.5 Å². The van der Waals surface area contributed by atoms with Crippen LogP contribution in [0.2, 0.25) is 0 Å². The van der Waals surface area contributed by atoms with Crippen LogP contribution in [0.4, 0.5) is 5.69 Å². The third kappa shape index (κ3) is 3.52. The Kier molecular flexibility index (Phi) is 4.51. The predicted octanol–water partition coefficient (Wildman–Crippen LogP) is 1.38. The Hall–Kier alpha value is -3.16. The van der Waals surface area contributed by atoms with Crippen molar-refractivity contribution >= 4 is 23.5 Å². The first-order chi connectivity index (χ1) is 12.0. The minimum atomic E-state index is -1.12. The quantitative estimate of drug-likeness (QED) is 0.873. The van der Waals surface area contributed by atoms with Crippen LogP contribution in [0.1, 0.15) is 23.3 Å². The molecular weight excluding hydrogens is 324 g/mol. The molecule has 8 nitrogen and oxygen atoms in total. The van der Waals surface area contributed by atoms with Gasteiger partial charge in [-0.2, -0.15) is 5.10 Å². The van der Waals surface area contributed by atoms with Crippen LogP contribution in [-0.4, -0.2) is 51.2 Å². The van der Waals surface area contributed by atoms with E-state index in [0.717, 1.165) is 0 Å². The van der Waals surface area contributed by atoms with Crippen molar-refractivity contribution in [1.29, 1.82) is 0 Å². The second kappa shape index (κ2) is 6.76. The number of nitrogens with zero attached hydrogens (tertiary/aromatic N) is 3. The molecule has 25 heavy (non-hydrogen) atoms. The van der Waals surface area contributed by atoms with Crippen LogP contribution in [-0.2, 0) is 9.59 Å². The average Bonchev–Trinajstić information content (AvgIpc) is 3.08. The summed E-state index contributed by atoms with van der Waals surface area (Å²) in [5, 5.41) is 15.8. The van der Waals surface area contributed by atoms with Crippen LogP contribution in [0.25, 0.3) is 5.69 Å². The molecule has 1 unspecified atom stereocenters. The number of benzene rings is 1. The van der Waals surface area contributed by atoms with Crippen molar-refractivity contribution in [2.24, 2.45) is 5.92 Å². The minimum absolute atomic E-state index is 0.0436. The zero-order valence-corrected chi connectivity index (χ0v) is 13.7. The Morgan fingerprint density at radius 2 is 2.04 bits per heavy atom. The molecule has 2 aromatic rings. The van der Waals surface area contributed by atoms with E-state index < -0.39 is 5.97 Å². The van der Waals surface area contributed by atoms with Gasteiger partial charge in [-0.25, -0.2) is 9.48 Å². The van der Waals surface area contributed by atoms with Crippen molar-refractivity contribution in [1.82, 2.24) is 14.7 Å². The highest BCUT2D eigenvalue weighted by Crippen LogP contribution is 2.23. The van der Waals surface area contributed by atoms with Crippen molar-refractivity contribution in [2.75, 3.05) is 18.9 Å². The number of piperidine rings is 1. The van der Waals surface area contributed by atoms with E-state index in [1.807, 2.05) is 0 Å². The molecule has 1 aliphatic heterocycles. The van der Waals surface area contributed by atoms with Crippen molar-refractivity contribution in [3.8, 4) is 5.69 Å². The van der Waals surface area contributed by atoms with Gasteiger partial charge in [0.2, 0.25) is 11.8 Å². The number of aromatic carboxylic acids is 1. The highest BCUT2D eigenvalue weighted by Gasteiger charge is 2.29. The van der Waals surface area contributed by atoms with Gasteiger partial charge in [-0.15, -0.1) is 0 Å². The second-order valence-electron chi connectivity index (χ2n) is 5.96. The lowest BCUT2D eigenvalue weighted by Crippen LogP contribution is -2.40. The van der Waals surface area contributed by atoms with Crippen molar-refractivity contribution in [3.63, 3.8) is 0 Å². The fourth-order valence-corrected chi connectivity index (χ4v) is 2.75. The number of para-hydroxylation sites is 2. The van der Waals surface area contributed by atoms with Crippen molar-refractivity contribution in [2.45, 2.75) is 12.8 Å². The first-order valence-electron chi connectivity index (χ1n) is 7.89. The lowest BCUT2D eigenvalue weighted by molar-refractivity contribution is -0.137. The molecule has 2 amide bonds. The number of likely N-dealkylation sites (tertiary alicyclic amines) is 1. The summed E-state index contributed by atoms with van der Waals surface area (Å²) in [6.45, 7) is 0.555. The molecule has 0 aliphatic carbocycles. The van der Waals surface area contributed by atoms with Gasteiger partial charge >= 0.3 is 5.97 Å². The molecule has 0 radical (unpaired) electrons. The van der Waals surface area contributed by atoms with Gasteiger partial charge in [0.05, 0.1) is 11.4 Å². The Morgan fingerprint density at radius 1 is 1.28 bits per heavy atom. The first kappa shape index (κ1) is 16.7. The molecule has 0 saturated carbocycles. The number of carboxylic acids is 1. The SMILES string of the molecule is CN1CCC(C(=O)Nc2ccccc2-n2ccc(C(=O)O)n2)CC1=O. The van der Waals surface area contributed by atoms with E-state index in [1.165, 1.54) is 16.9 Å². The average molecular weight is 342 g/mol. The number of hydrogen-bond acceptors (Lipinski definition) is 4. The number of rotatable bonds is 4. The van der Waals surface area contributed by atoms with E-state index in [0.29, 0.717) is 24.3 Å². The van der Waals surface area contributed by atoms with Crippen LogP contribution in [0, 0.1) is 5.92 Å². The number of carbonyl (C=O) groups is 3. The van der Waals surface area contributed by atoms with Gasteiger partial charge in [0, 0.05) is 32.1 Å². The number of carboxylic acid groups (broad SMARTS) is 1. The van der Waals surface area contributed by atoms with Gasteiger partial charge in [0.25, 0.3) is 0 Å². The molecule has 1 aromatic heterocycles. The highest BCUT2D eigenvalue weighted by molar-refractivity contribution is 5.97. The van der Waals surface area contributed by atoms with E-state index in [-0.39, 0.29) is 29.8 Å². The second-order valence-corrected chi connectivity index (χ2v) is 5.96. The maximum absolute atomic E-state index is 12.5. The van der Waals surface area contributed by atoms with Crippen molar-refractivity contribution in [3.05, 3.63) is 42.2 Å². The van der Waals surface area contributed by atoms with Gasteiger partial charge in [0.15, 0.2) is 5.69 Å². The summed E-state index contributed by atoms with van der Waals surface area (Å²) < 4.78 is 1.40. The van der Waals surface area contributed by atoms with Crippen LogP contribution in [0.3, 0.4) is 0 Å². The van der Waals surface area contributed by atoms with Gasteiger partial charge in [0.1, 0.15) is 0 Å². The number of carbonyl (C=O) groups excluding carboxylic acids is 2. The van der Waals surface area contributed by atoms with E-state index in [4.69, 9.17) is 5.11 Å². The number of anilines is 1. The van der Waals surface area contributed by atoms with Crippen LogP contribution in [0.15, 0.2) is 36.5 Å². The van der Waals surface area contributed by atoms with E-state index >= 15 is 0 Å². The fraction of sp³-hybridized carbons (Fsp3) is 0.294. The van der Waals surface area contributed by atoms with Crippen LogP contribution < -0.4 is 5.32 Å². The molecule has 130 valence electrons. The van der Waals surface area contributed by atoms with E-state index in [1.54, 1.807) is 36.2 Å². The number of amides is 2. The Balaban J connectivity index is 1.80. The van der Waals surface area contributed by atoms with Gasteiger partial charge in [-0.1, -0.05) is 12.1 Å². The monoisotopic (exact) mass is 342 g/mol. The number of aromatic nitrogens is 2. The molecule has 1 saturated heterocycles. The molecule has 1 fully saturated rings. The van der Waals surface area contributed by atoms with Gasteiger partial charge in [-0.05, 0) is 24.6 Å². The first-order valence-corrected chi connectivity index (χ1v) is 7.89. The van der Waals surface area contributed by atoms with E-state index in [2.05, 4.69) is 10.4 Å². The maximum Gasteiger partial charge on any atom is 0.356 e. The maximum atomic E-state index is 12.5. The minimum Gasteiger partial charge on any atom is -0.476 e. The summed E-state index contributed by atoms with van der Waals surface area (Å²) >= 11 is 0.